The average molecular weight is 240 g/mol. The molecule has 1 aromatic rings. The second-order valence-corrected chi connectivity index (χ2v) is 3.63. The van der Waals surface area contributed by atoms with Gasteiger partial charge in [-0.15, -0.1) is 0 Å². The molecule has 0 fully saturated rings. The van der Waals surface area contributed by atoms with Crippen molar-refractivity contribution in [2.24, 2.45) is 5.73 Å². The first-order valence-corrected chi connectivity index (χ1v) is 4.78. The highest BCUT2D eigenvalue weighted by molar-refractivity contribution is 6.42. The van der Waals surface area contributed by atoms with Crippen molar-refractivity contribution < 1.29 is 8.78 Å². The molecule has 0 saturated carbocycles. The zero-order valence-corrected chi connectivity index (χ0v) is 8.75. The minimum Gasteiger partial charge on any atom is -0.324 e. The van der Waals surface area contributed by atoms with E-state index in [0.29, 0.717) is 0 Å². The Balaban J connectivity index is 3.11. The molecule has 0 aliphatic carbocycles. The summed E-state index contributed by atoms with van der Waals surface area (Å²) in [6, 6.07) is 1.75. The Kier molecular flexibility index (Phi) is 4.11. The number of hydrogen-bond acceptors (Lipinski definition) is 1. The number of halogens is 4. The third-order valence-electron chi connectivity index (χ3n) is 1.87. The van der Waals surface area contributed by atoms with Gasteiger partial charge in [-0.1, -0.05) is 23.2 Å². The molecule has 1 nitrogen and oxygen atoms in total. The smallest absolute Gasteiger partial charge is 0.129 e. The van der Waals surface area contributed by atoms with Gasteiger partial charge < -0.3 is 5.73 Å². The van der Waals surface area contributed by atoms with Gasteiger partial charge >= 0.3 is 0 Å². The van der Waals surface area contributed by atoms with E-state index in [2.05, 4.69) is 0 Å². The van der Waals surface area contributed by atoms with Crippen LogP contribution in [-0.2, 0) is 0 Å². The van der Waals surface area contributed by atoms with Gasteiger partial charge in [0.25, 0.3) is 0 Å². The van der Waals surface area contributed by atoms with Gasteiger partial charge in [-0.3, -0.25) is 4.39 Å². The van der Waals surface area contributed by atoms with Crippen LogP contribution in [0, 0.1) is 5.82 Å². The van der Waals surface area contributed by atoms with Crippen LogP contribution in [0.4, 0.5) is 8.78 Å². The Bertz CT molecular complexity index is 331. The van der Waals surface area contributed by atoms with E-state index in [4.69, 9.17) is 28.9 Å². The molecule has 0 spiro atoms. The van der Waals surface area contributed by atoms with E-state index in [1.165, 1.54) is 12.1 Å². The van der Waals surface area contributed by atoms with Gasteiger partial charge in [0.1, 0.15) is 5.82 Å². The maximum Gasteiger partial charge on any atom is 0.129 e. The Morgan fingerprint density at radius 3 is 2.57 bits per heavy atom. The zero-order chi connectivity index (χ0) is 10.7. The molecule has 0 amide bonds. The highest BCUT2D eigenvalue weighted by Gasteiger charge is 2.17. The normalized spacial score (nSPS) is 12.9. The van der Waals surface area contributed by atoms with Gasteiger partial charge in [0.2, 0.25) is 0 Å². The molecule has 0 heterocycles. The molecule has 0 unspecified atom stereocenters. The molecular weight excluding hydrogens is 231 g/mol. The molecule has 0 aromatic heterocycles. The van der Waals surface area contributed by atoms with E-state index in [1.807, 2.05) is 0 Å². The van der Waals surface area contributed by atoms with Crippen molar-refractivity contribution in [3.63, 3.8) is 0 Å². The summed E-state index contributed by atoms with van der Waals surface area (Å²) in [5.74, 6) is -0.555. The molecule has 0 aliphatic rings. The number of alkyl halides is 1. The minimum atomic E-state index is -0.758. The molecule has 14 heavy (non-hydrogen) atoms. The second kappa shape index (κ2) is 4.91. The van der Waals surface area contributed by atoms with Crippen molar-refractivity contribution in [2.75, 3.05) is 6.67 Å². The Morgan fingerprint density at radius 2 is 2.00 bits per heavy atom. The lowest BCUT2D eigenvalue weighted by atomic mass is 10.0. The Morgan fingerprint density at radius 1 is 1.36 bits per heavy atom. The largest absolute Gasteiger partial charge is 0.324 e. The van der Waals surface area contributed by atoms with Crippen LogP contribution in [0.15, 0.2) is 12.1 Å². The molecule has 78 valence electrons. The second-order valence-electron chi connectivity index (χ2n) is 2.84. The van der Waals surface area contributed by atoms with Crippen LogP contribution in [0.25, 0.3) is 0 Å². The predicted molar refractivity (Wildman–Crippen MR) is 53.9 cm³/mol. The molecular formula is C9H9Cl2F2N. The van der Waals surface area contributed by atoms with Crippen molar-refractivity contribution in [1.29, 1.82) is 0 Å². The Labute approximate surface area is 90.8 Å². The molecule has 1 aromatic carbocycles. The monoisotopic (exact) mass is 239 g/mol. The zero-order valence-electron chi connectivity index (χ0n) is 7.24. The number of nitrogens with two attached hydrogens (primary N) is 1. The van der Waals surface area contributed by atoms with Gasteiger partial charge in [-0.05, 0) is 18.6 Å². The topological polar surface area (TPSA) is 26.0 Å². The molecule has 5 heteroatoms. The van der Waals surface area contributed by atoms with Crippen LogP contribution in [0.5, 0.6) is 0 Å². The molecule has 2 N–H and O–H groups in total. The van der Waals surface area contributed by atoms with Gasteiger partial charge in [0, 0.05) is 11.6 Å². The van der Waals surface area contributed by atoms with Crippen LogP contribution < -0.4 is 5.73 Å². The fourth-order valence-corrected chi connectivity index (χ4v) is 1.60. The number of hydrogen-bond donors (Lipinski definition) is 1. The fraction of sp³-hybridized carbons (Fsp3) is 0.333. The lowest BCUT2D eigenvalue weighted by Crippen LogP contribution is -2.13. The maximum absolute atomic E-state index is 13.3. The average Bonchev–Trinajstić information content (AvgIpc) is 2.13. The number of rotatable bonds is 3. The summed E-state index contributed by atoms with van der Waals surface area (Å²) in [6.07, 6.45) is 0.0248. The Hall–Kier alpha value is -0.380. The van der Waals surface area contributed by atoms with Crippen molar-refractivity contribution in [2.45, 2.75) is 12.5 Å². The quantitative estimate of drug-likeness (QED) is 0.804. The highest BCUT2D eigenvalue weighted by Crippen LogP contribution is 2.32. The first-order valence-electron chi connectivity index (χ1n) is 4.03. The van der Waals surface area contributed by atoms with Gasteiger partial charge in [0.15, 0.2) is 0 Å². The van der Waals surface area contributed by atoms with Crippen LogP contribution >= 0.6 is 23.2 Å². The summed E-state index contributed by atoms with van der Waals surface area (Å²) in [6.45, 7) is -0.622. The SMILES string of the molecule is N[C@@H](CCF)c1c(F)ccc(Cl)c1Cl. The van der Waals surface area contributed by atoms with Crippen LogP contribution in [0.1, 0.15) is 18.0 Å². The van der Waals surface area contributed by atoms with Gasteiger partial charge in [0.05, 0.1) is 16.7 Å². The van der Waals surface area contributed by atoms with Crippen molar-refractivity contribution in [1.82, 2.24) is 0 Å². The predicted octanol–water partition coefficient (Wildman–Crippen LogP) is 3.49. The summed E-state index contributed by atoms with van der Waals surface area (Å²) in [5.41, 5.74) is 5.63. The maximum atomic E-state index is 13.3. The fourth-order valence-electron chi connectivity index (χ4n) is 1.14. The highest BCUT2D eigenvalue weighted by atomic mass is 35.5. The minimum absolute atomic E-state index is 0.0248. The molecule has 0 bridgehead atoms. The van der Waals surface area contributed by atoms with Crippen molar-refractivity contribution in [3.05, 3.63) is 33.6 Å². The van der Waals surface area contributed by atoms with E-state index < -0.39 is 18.5 Å². The lowest BCUT2D eigenvalue weighted by Gasteiger charge is -2.13. The van der Waals surface area contributed by atoms with Crippen LogP contribution in [-0.4, -0.2) is 6.67 Å². The molecule has 0 aliphatic heterocycles. The van der Waals surface area contributed by atoms with Gasteiger partial charge in [-0.25, -0.2) is 4.39 Å². The summed E-state index contributed by atoms with van der Waals surface area (Å²) in [5, 5.41) is 0.282. The summed E-state index contributed by atoms with van der Waals surface area (Å²) < 4.78 is 25.3. The summed E-state index contributed by atoms with van der Waals surface area (Å²) >= 11 is 11.4. The first-order chi connectivity index (χ1) is 6.57. The van der Waals surface area contributed by atoms with Crippen molar-refractivity contribution in [3.8, 4) is 0 Å². The van der Waals surface area contributed by atoms with Crippen LogP contribution in [0.2, 0.25) is 10.0 Å². The summed E-state index contributed by atoms with van der Waals surface area (Å²) in [4.78, 5) is 0. The van der Waals surface area contributed by atoms with E-state index in [9.17, 15) is 8.78 Å². The molecule has 1 atom stereocenters. The number of benzene rings is 1. The first kappa shape index (κ1) is 11.7. The third kappa shape index (κ3) is 2.35. The third-order valence-corrected chi connectivity index (χ3v) is 2.69. The molecule has 0 radical (unpaired) electrons. The van der Waals surface area contributed by atoms with Gasteiger partial charge in [-0.2, -0.15) is 0 Å². The van der Waals surface area contributed by atoms with E-state index in [1.54, 1.807) is 0 Å². The van der Waals surface area contributed by atoms with Crippen molar-refractivity contribution >= 4 is 23.2 Å². The molecule has 0 saturated heterocycles. The van der Waals surface area contributed by atoms with E-state index in [-0.39, 0.29) is 22.0 Å². The van der Waals surface area contributed by atoms with Crippen LogP contribution in [0.3, 0.4) is 0 Å². The lowest BCUT2D eigenvalue weighted by molar-refractivity contribution is 0.435. The van der Waals surface area contributed by atoms with E-state index >= 15 is 0 Å². The summed E-state index contributed by atoms with van der Waals surface area (Å²) in [7, 11) is 0. The molecule has 1 rings (SSSR count). The standard InChI is InChI=1S/C9H9Cl2F2N/c10-5-1-2-6(13)8(9(5)11)7(14)3-4-12/h1-2,7H,3-4,14H2/t7-/m0/s1. The van der Waals surface area contributed by atoms with E-state index in [0.717, 1.165) is 0 Å².